The van der Waals surface area contributed by atoms with Crippen LogP contribution < -0.4 is 10.9 Å². The van der Waals surface area contributed by atoms with Gasteiger partial charge in [0, 0.05) is 5.69 Å². The van der Waals surface area contributed by atoms with Crippen molar-refractivity contribution in [2.45, 2.75) is 46.6 Å². The smallest absolute Gasteiger partial charge is 0.348 e. The molecule has 6 nitrogen and oxygen atoms in total. The summed E-state index contributed by atoms with van der Waals surface area (Å²) in [6, 6.07) is 8.03. The van der Waals surface area contributed by atoms with E-state index in [0.29, 0.717) is 32.4 Å². The fourth-order valence-corrected chi connectivity index (χ4v) is 4.12. The lowest BCUT2D eigenvalue weighted by molar-refractivity contribution is 0.0531. The van der Waals surface area contributed by atoms with Crippen LogP contribution in [-0.4, -0.2) is 22.5 Å². The van der Waals surface area contributed by atoms with Gasteiger partial charge in [-0.2, -0.15) is 0 Å². The molecule has 148 valence electrons. The number of nitrogens with zero attached hydrogens (tertiary/aromatic N) is 1. The van der Waals surface area contributed by atoms with Crippen LogP contribution in [0, 0.1) is 6.92 Å². The number of nitrogens with one attached hydrogen (secondary N) is 2. The van der Waals surface area contributed by atoms with E-state index in [4.69, 9.17) is 4.74 Å². The maximum absolute atomic E-state index is 12.6. The Kier molecular flexibility index (Phi) is 5.84. The number of ether oxygens (including phenoxy) is 1. The highest BCUT2D eigenvalue weighted by Gasteiger charge is 2.21. The maximum atomic E-state index is 12.6. The third-order valence-corrected chi connectivity index (χ3v) is 5.82. The SMILES string of the molecule is CCOC(=O)c1sc2nc([C@@H](C)Nc3ccc(C(C)C)cc3)[nH]c(=O)c2c1C. The normalized spacial score (nSPS) is 12.4. The zero-order chi connectivity index (χ0) is 20.4. The van der Waals surface area contributed by atoms with Crippen molar-refractivity contribution in [2.24, 2.45) is 0 Å². The maximum Gasteiger partial charge on any atom is 0.348 e. The number of anilines is 1. The van der Waals surface area contributed by atoms with Crippen molar-refractivity contribution < 1.29 is 9.53 Å². The van der Waals surface area contributed by atoms with Crippen LogP contribution in [0.25, 0.3) is 10.2 Å². The molecule has 1 aromatic carbocycles. The van der Waals surface area contributed by atoms with Gasteiger partial charge in [0.1, 0.15) is 15.5 Å². The summed E-state index contributed by atoms with van der Waals surface area (Å²) in [6.07, 6.45) is 0. The van der Waals surface area contributed by atoms with Crippen LogP contribution in [0.15, 0.2) is 29.1 Å². The molecule has 0 fully saturated rings. The molecule has 3 rings (SSSR count). The van der Waals surface area contributed by atoms with E-state index >= 15 is 0 Å². The summed E-state index contributed by atoms with van der Waals surface area (Å²) in [4.78, 5) is 33.2. The Morgan fingerprint density at radius 1 is 1.25 bits per heavy atom. The third kappa shape index (κ3) is 3.94. The number of rotatable bonds is 6. The van der Waals surface area contributed by atoms with E-state index in [2.05, 4.69) is 41.3 Å². The predicted molar refractivity (Wildman–Crippen MR) is 114 cm³/mol. The zero-order valence-corrected chi connectivity index (χ0v) is 17.6. The van der Waals surface area contributed by atoms with Gasteiger partial charge in [-0.1, -0.05) is 26.0 Å². The van der Waals surface area contributed by atoms with E-state index in [-0.39, 0.29) is 18.2 Å². The van der Waals surface area contributed by atoms with Gasteiger partial charge in [-0.25, -0.2) is 9.78 Å². The highest BCUT2D eigenvalue weighted by Crippen LogP contribution is 2.29. The molecular formula is C21H25N3O3S. The lowest BCUT2D eigenvalue weighted by atomic mass is 10.0. The van der Waals surface area contributed by atoms with Gasteiger partial charge in [0.25, 0.3) is 5.56 Å². The number of aromatic amines is 1. The molecule has 0 aliphatic carbocycles. The number of benzene rings is 1. The minimum absolute atomic E-state index is 0.199. The standard InChI is InChI=1S/C21H25N3O3S/c1-6-27-21(26)17-12(4)16-19(25)23-18(24-20(16)28-17)13(5)22-15-9-7-14(8-10-15)11(2)3/h7-11,13,22H,6H2,1-5H3,(H,23,24,25)/t13-/m1/s1. The molecule has 2 N–H and O–H groups in total. The van der Waals surface area contributed by atoms with Crippen LogP contribution in [0.3, 0.4) is 0 Å². The molecule has 0 saturated heterocycles. The van der Waals surface area contributed by atoms with Crippen LogP contribution in [0.4, 0.5) is 5.69 Å². The van der Waals surface area contributed by atoms with Gasteiger partial charge < -0.3 is 15.0 Å². The molecule has 0 bridgehead atoms. The zero-order valence-electron chi connectivity index (χ0n) is 16.8. The van der Waals surface area contributed by atoms with Gasteiger partial charge in [-0.15, -0.1) is 11.3 Å². The fourth-order valence-electron chi connectivity index (χ4n) is 3.04. The minimum atomic E-state index is -0.416. The molecule has 28 heavy (non-hydrogen) atoms. The molecule has 0 saturated carbocycles. The summed E-state index contributed by atoms with van der Waals surface area (Å²) in [6.45, 7) is 10.0. The molecular weight excluding hydrogens is 374 g/mol. The van der Waals surface area contributed by atoms with E-state index in [1.54, 1.807) is 13.8 Å². The first kappa shape index (κ1) is 20.1. The molecule has 0 amide bonds. The second-order valence-electron chi connectivity index (χ2n) is 7.05. The Morgan fingerprint density at radius 2 is 1.93 bits per heavy atom. The number of hydrogen-bond donors (Lipinski definition) is 2. The van der Waals surface area contributed by atoms with E-state index in [1.165, 1.54) is 16.9 Å². The van der Waals surface area contributed by atoms with Crippen molar-refractivity contribution >= 4 is 33.2 Å². The molecule has 2 heterocycles. The Labute approximate surface area is 168 Å². The molecule has 0 radical (unpaired) electrons. The first-order valence-corrected chi connectivity index (χ1v) is 10.2. The lowest BCUT2D eigenvalue weighted by Crippen LogP contribution is -2.17. The van der Waals surface area contributed by atoms with Crippen molar-refractivity contribution in [2.75, 3.05) is 11.9 Å². The Morgan fingerprint density at radius 3 is 2.54 bits per heavy atom. The summed E-state index contributed by atoms with van der Waals surface area (Å²) >= 11 is 1.20. The molecule has 1 atom stereocenters. The molecule has 3 aromatic rings. The number of aromatic nitrogens is 2. The highest BCUT2D eigenvalue weighted by molar-refractivity contribution is 7.20. The quantitative estimate of drug-likeness (QED) is 0.584. The molecule has 0 aliphatic heterocycles. The van der Waals surface area contributed by atoms with Crippen molar-refractivity contribution in [1.29, 1.82) is 0 Å². The summed E-state index contributed by atoms with van der Waals surface area (Å²) in [7, 11) is 0. The third-order valence-electron chi connectivity index (χ3n) is 4.65. The van der Waals surface area contributed by atoms with Crippen LogP contribution in [-0.2, 0) is 4.74 Å². The Balaban J connectivity index is 1.90. The number of carbonyl (C=O) groups is 1. The summed E-state index contributed by atoms with van der Waals surface area (Å²) in [5.74, 6) is 0.588. The number of esters is 1. The van der Waals surface area contributed by atoms with Gasteiger partial charge in [0.2, 0.25) is 0 Å². The average molecular weight is 400 g/mol. The topological polar surface area (TPSA) is 84.1 Å². The number of carbonyl (C=O) groups excluding carboxylic acids is 1. The number of H-pyrrole nitrogens is 1. The van der Waals surface area contributed by atoms with Crippen molar-refractivity contribution in [3.63, 3.8) is 0 Å². The van der Waals surface area contributed by atoms with Gasteiger partial charge >= 0.3 is 5.97 Å². The summed E-state index contributed by atoms with van der Waals surface area (Å²) in [5, 5.41) is 3.81. The first-order chi connectivity index (χ1) is 13.3. The summed E-state index contributed by atoms with van der Waals surface area (Å²) < 4.78 is 5.08. The number of thiophene rings is 1. The van der Waals surface area contributed by atoms with E-state index in [9.17, 15) is 9.59 Å². The minimum Gasteiger partial charge on any atom is -0.462 e. The molecule has 0 spiro atoms. The van der Waals surface area contributed by atoms with Crippen LogP contribution in [0.5, 0.6) is 0 Å². The lowest BCUT2D eigenvalue weighted by Gasteiger charge is -2.15. The highest BCUT2D eigenvalue weighted by atomic mass is 32.1. The van der Waals surface area contributed by atoms with Crippen molar-refractivity contribution in [3.05, 3.63) is 56.4 Å². The first-order valence-electron chi connectivity index (χ1n) is 9.38. The molecule has 2 aromatic heterocycles. The number of fused-ring (bicyclic) bond motifs is 1. The molecule has 0 unspecified atom stereocenters. The van der Waals surface area contributed by atoms with Gasteiger partial charge in [-0.3, -0.25) is 4.79 Å². The van der Waals surface area contributed by atoms with Crippen LogP contribution >= 0.6 is 11.3 Å². The second-order valence-corrected chi connectivity index (χ2v) is 8.05. The van der Waals surface area contributed by atoms with E-state index in [0.717, 1.165) is 5.69 Å². The molecule has 7 heteroatoms. The fraction of sp³-hybridized carbons (Fsp3) is 0.381. The van der Waals surface area contributed by atoms with Crippen molar-refractivity contribution in [3.8, 4) is 0 Å². The Bertz CT molecular complexity index is 1050. The monoisotopic (exact) mass is 399 g/mol. The number of hydrogen-bond acceptors (Lipinski definition) is 6. The average Bonchev–Trinajstić information content (AvgIpc) is 2.99. The van der Waals surface area contributed by atoms with Crippen LogP contribution in [0.1, 0.15) is 66.3 Å². The van der Waals surface area contributed by atoms with Crippen LogP contribution in [0.2, 0.25) is 0 Å². The number of aryl methyl sites for hydroxylation is 1. The summed E-state index contributed by atoms with van der Waals surface area (Å²) in [5.41, 5.74) is 2.60. The predicted octanol–water partition coefficient (Wildman–Crippen LogP) is 4.77. The van der Waals surface area contributed by atoms with Gasteiger partial charge in [0.15, 0.2) is 0 Å². The molecule has 0 aliphatic rings. The Hall–Kier alpha value is -2.67. The van der Waals surface area contributed by atoms with E-state index < -0.39 is 5.97 Å². The second kappa shape index (κ2) is 8.14. The van der Waals surface area contributed by atoms with Crippen molar-refractivity contribution in [1.82, 2.24) is 9.97 Å². The largest absolute Gasteiger partial charge is 0.462 e. The van der Waals surface area contributed by atoms with Gasteiger partial charge in [0.05, 0.1) is 18.0 Å². The van der Waals surface area contributed by atoms with E-state index in [1.807, 2.05) is 19.1 Å². The van der Waals surface area contributed by atoms with Gasteiger partial charge in [-0.05, 0) is 49.9 Å².